The highest BCUT2D eigenvalue weighted by molar-refractivity contribution is 5.84. The molecule has 27 heavy (non-hydrogen) atoms. The lowest BCUT2D eigenvalue weighted by molar-refractivity contribution is 0.0660. The summed E-state index contributed by atoms with van der Waals surface area (Å²) in [5.74, 6) is -3.85. The average Bonchev–Trinajstić information content (AvgIpc) is 3.07. The van der Waals surface area contributed by atoms with Gasteiger partial charge in [0.15, 0.2) is 11.6 Å². The maximum atomic E-state index is 13.8. The molecule has 0 unspecified atom stereocenters. The van der Waals surface area contributed by atoms with Crippen LogP contribution in [0.5, 0.6) is 5.75 Å². The smallest absolute Gasteiger partial charge is 0.371 e. The Bertz CT molecular complexity index is 995. The number of rotatable bonds is 6. The summed E-state index contributed by atoms with van der Waals surface area (Å²) in [5, 5.41) is 8.93. The third-order valence-corrected chi connectivity index (χ3v) is 3.93. The van der Waals surface area contributed by atoms with E-state index in [1.165, 1.54) is 6.07 Å². The summed E-state index contributed by atoms with van der Waals surface area (Å²) < 4.78 is 50.9. The molecule has 7 heteroatoms. The Balaban J connectivity index is 1.81. The van der Waals surface area contributed by atoms with Gasteiger partial charge in [-0.25, -0.2) is 18.0 Å². The molecule has 0 aliphatic rings. The van der Waals surface area contributed by atoms with E-state index >= 15 is 0 Å². The lowest BCUT2D eigenvalue weighted by atomic mass is 10.1. The number of carboxylic acids is 1. The molecule has 0 radical (unpaired) electrons. The maximum absolute atomic E-state index is 13.8. The average molecular weight is 376 g/mol. The third kappa shape index (κ3) is 4.31. The minimum absolute atomic E-state index is 0.119. The molecule has 0 saturated carbocycles. The molecular weight excluding hydrogens is 361 g/mol. The van der Waals surface area contributed by atoms with Crippen LogP contribution >= 0.6 is 0 Å². The normalized spacial score (nSPS) is 10.8. The number of carbonyl (C=O) groups is 1. The molecule has 140 valence electrons. The van der Waals surface area contributed by atoms with Crippen molar-refractivity contribution in [2.45, 2.75) is 20.0 Å². The van der Waals surface area contributed by atoms with E-state index in [1.807, 2.05) is 13.0 Å². The van der Waals surface area contributed by atoms with Gasteiger partial charge in [-0.15, -0.1) is 0 Å². The molecule has 0 spiro atoms. The van der Waals surface area contributed by atoms with Gasteiger partial charge in [0.2, 0.25) is 5.76 Å². The van der Waals surface area contributed by atoms with Crippen LogP contribution in [0, 0.1) is 24.4 Å². The highest BCUT2D eigenvalue weighted by Crippen LogP contribution is 2.26. The van der Waals surface area contributed by atoms with E-state index in [2.05, 4.69) is 0 Å². The van der Waals surface area contributed by atoms with E-state index in [9.17, 15) is 18.0 Å². The molecular formula is C20H15F3O4. The van der Waals surface area contributed by atoms with Gasteiger partial charge < -0.3 is 14.3 Å². The van der Waals surface area contributed by atoms with Crippen LogP contribution in [-0.4, -0.2) is 11.1 Å². The number of aryl methyl sites for hydroxylation is 1. The number of furan rings is 1. The van der Waals surface area contributed by atoms with Crippen molar-refractivity contribution in [1.82, 2.24) is 0 Å². The van der Waals surface area contributed by atoms with Gasteiger partial charge in [-0.05, 0) is 31.2 Å². The van der Waals surface area contributed by atoms with Gasteiger partial charge in [-0.2, -0.15) is 0 Å². The van der Waals surface area contributed by atoms with Gasteiger partial charge in [0.1, 0.15) is 23.9 Å². The first-order valence-electron chi connectivity index (χ1n) is 8.01. The van der Waals surface area contributed by atoms with Crippen molar-refractivity contribution in [2.24, 2.45) is 0 Å². The minimum Gasteiger partial charge on any atom is -0.488 e. The van der Waals surface area contributed by atoms with Gasteiger partial charge in [0.25, 0.3) is 0 Å². The highest BCUT2D eigenvalue weighted by Gasteiger charge is 2.14. The molecule has 1 heterocycles. The minimum atomic E-state index is -1.26. The number of aromatic carboxylic acids is 1. The second-order valence-corrected chi connectivity index (χ2v) is 6.01. The van der Waals surface area contributed by atoms with Crippen molar-refractivity contribution in [1.29, 1.82) is 0 Å². The van der Waals surface area contributed by atoms with Gasteiger partial charge >= 0.3 is 5.97 Å². The number of hydrogen-bond acceptors (Lipinski definition) is 3. The zero-order valence-corrected chi connectivity index (χ0v) is 14.3. The van der Waals surface area contributed by atoms with Gasteiger partial charge in [0.05, 0.1) is 0 Å². The van der Waals surface area contributed by atoms with Gasteiger partial charge in [0, 0.05) is 23.6 Å². The second kappa shape index (κ2) is 7.57. The third-order valence-electron chi connectivity index (χ3n) is 3.93. The highest BCUT2D eigenvalue weighted by atomic mass is 19.2. The fourth-order valence-electron chi connectivity index (χ4n) is 2.59. The fourth-order valence-corrected chi connectivity index (χ4v) is 2.59. The summed E-state index contributed by atoms with van der Waals surface area (Å²) >= 11 is 0. The molecule has 2 aromatic carbocycles. The molecule has 4 nitrogen and oxygen atoms in total. The molecule has 0 atom stereocenters. The molecule has 0 fully saturated rings. The number of carboxylic acid groups (broad SMARTS) is 1. The lowest BCUT2D eigenvalue weighted by Gasteiger charge is -2.12. The monoisotopic (exact) mass is 376 g/mol. The molecule has 1 N–H and O–H groups in total. The SMILES string of the molecule is Cc1ccc(OCc2cc(F)c(F)cc2F)c(Cc2ccc(C(=O)O)o2)c1. The lowest BCUT2D eigenvalue weighted by Crippen LogP contribution is -2.03. The van der Waals surface area contributed by atoms with E-state index < -0.39 is 23.4 Å². The summed E-state index contributed by atoms with van der Waals surface area (Å²) in [4.78, 5) is 10.9. The molecule has 1 aromatic heterocycles. The fraction of sp³-hybridized carbons (Fsp3) is 0.150. The van der Waals surface area contributed by atoms with Crippen LogP contribution in [0.25, 0.3) is 0 Å². The Morgan fingerprint density at radius 3 is 2.44 bits per heavy atom. The Morgan fingerprint density at radius 2 is 1.74 bits per heavy atom. The Hall–Kier alpha value is -3.22. The zero-order valence-electron chi connectivity index (χ0n) is 14.3. The number of halogens is 3. The number of hydrogen-bond donors (Lipinski definition) is 1. The van der Waals surface area contributed by atoms with Gasteiger partial charge in [-0.1, -0.05) is 17.7 Å². The van der Waals surface area contributed by atoms with Crippen molar-refractivity contribution in [3.63, 3.8) is 0 Å². The summed E-state index contributed by atoms with van der Waals surface area (Å²) in [5.41, 5.74) is 1.50. The second-order valence-electron chi connectivity index (χ2n) is 6.01. The van der Waals surface area contributed by atoms with E-state index in [0.717, 1.165) is 11.6 Å². The van der Waals surface area contributed by atoms with Crippen LogP contribution in [0.2, 0.25) is 0 Å². The molecule has 0 amide bonds. The quantitative estimate of drug-likeness (QED) is 0.624. The molecule has 0 bridgehead atoms. The Labute approximate surface area is 152 Å². The van der Waals surface area contributed by atoms with Crippen LogP contribution in [0.3, 0.4) is 0 Å². The number of ether oxygens (including phenoxy) is 1. The predicted octanol–water partition coefficient (Wildman–Crippen LogP) is 4.87. The van der Waals surface area contributed by atoms with Crippen molar-refractivity contribution in [2.75, 3.05) is 0 Å². The molecule has 3 aromatic rings. The van der Waals surface area contributed by atoms with Crippen LogP contribution in [-0.2, 0) is 13.0 Å². The van der Waals surface area contributed by atoms with E-state index in [-0.39, 0.29) is 24.4 Å². The predicted molar refractivity (Wildman–Crippen MR) is 90.3 cm³/mol. The van der Waals surface area contributed by atoms with Crippen LogP contribution in [0.15, 0.2) is 46.9 Å². The Kier molecular flexibility index (Phi) is 5.21. The van der Waals surface area contributed by atoms with Crippen LogP contribution in [0.4, 0.5) is 13.2 Å². The first kappa shape index (κ1) is 18.6. The standard InChI is InChI=1S/C20H15F3O4/c1-11-2-4-18(26-10-13-8-16(22)17(23)9-15(13)21)12(6-11)7-14-3-5-19(27-14)20(24)25/h2-6,8-9H,7,10H2,1H3,(H,24,25). The van der Waals surface area contributed by atoms with E-state index in [1.54, 1.807) is 18.2 Å². The first-order valence-corrected chi connectivity index (χ1v) is 8.01. The van der Waals surface area contributed by atoms with Crippen LogP contribution < -0.4 is 4.74 Å². The summed E-state index contributed by atoms with van der Waals surface area (Å²) in [6, 6.07) is 9.40. The zero-order chi connectivity index (χ0) is 19.6. The Morgan fingerprint density at radius 1 is 1.00 bits per heavy atom. The first-order chi connectivity index (χ1) is 12.8. The van der Waals surface area contributed by atoms with Crippen LogP contribution in [0.1, 0.15) is 33.0 Å². The summed E-state index contributed by atoms with van der Waals surface area (Å²) in [7, 11) is 0. The molecule has 0 aliphatic carbocycles. The van der Waals surface area contributed by atoms with E-state index in [4.69, 9.17) is 14.3 Å². The summed E-state index contributed by atoms with van der Waals surface area (Å²) in [6.07, 6.45) is 0.255. The topological polar surface area (TPSA) is 59.7 Å². The molecule has 0 aliphatic heterocycles. The van der Waals surface area contributed by atoms with Crippen molar-refractivity contribution < 1.29 is 32.2 Å². The number of benzene rings is 2. The summed E-state index contributed by atoms with van der Waals surface area (Å²) in [6.45, 7) is 1.57. The molecule has 0 saturated heterocycles. The maximum Gasteiger partial charge on any atom is 0.371 e. The van der Waals surface area contributed by atoms with Crippen molar-refractivity contribution in [3.8, 4) is 5.75 Å². The van der Waals surface area contributed by atoms with E-state index in [0.29, 0.717) is 23.1 Å². The van der Waals surface area contributed by atoms with Gasteiger partial charge in [-0.3, -0.25) is 0 Å². The molecule has 3 rings (SSSR count). The largest absolute Gasteiger partial charge is 0.488 e. The van der Waals surface area contributed by atoms with Crippen molar-refractivity contribution >= 4 is 5.97 Å². The van der Waals surface area contributed by atoms with Crippen molar-refractivity contribution in [3.05, 3.63) is 88.1 Å².